The highest BCUT2D eigenvalue weighted by atomic mass is 32.2. The molecule has 31 heavy (non-hydrogen) atoms. The Balaban J connectivity index is 2.02. The normalized spacial score (nSPS) is 11.6. The first-order valence-electron chi connectivity index (χ1n) is 9.10. The monoisotopic (exact) mass is 443 g/mol. The van der Waals surface area contributed by atoms with Crippen LogP contribution in [0.1, 0.15) is 24.2 Å². The number of allylic oxidation sites excluding steroid dienone is 1. The van der Waals surface area contributed by atoms with Crippen LogP contribution < -0.4 is 15.2 Å². The summed E-state index contributed by atoms with van der Waals surface area (Å²) < 4.78 is 37.6. The van der Waals surface area contributed by atoms with Gasteiger partial charge in [0, 0.05) is 11.4 Å². The minimum atomic E-state index is -3.83. The molecule has 0 spiro atoms. The van der Waals surface area contributed by atoms with Gasteiger partial charge in [-0.2, -0.15) is 5.26 Å². The van der Waals surface area contributed by atoms with Crippen LogP contribution in [0.5, 0.6) is 5.75 Å². The first-order valence-corrected chi connectivity index (χ1v) is 10.6. The summed E-state index contributed by atoms with van der Waals surface area (Å²) in [7, 11) is -3.83. The Kier molecular flexibility index (Phi) is 7.76. The average molecular weight is 443 g/mol. The highest BCUT2D eigenvalue weighted by Gasteiger charge is 2.17. The topological polar surface area (TPSA) is 149 Å². The lowest BCUT2D eigenvalue weighted by Crippen LogP contribution is -2.17. The minimum Gasteiger partial charge on any atom is -0.494 e. The smallest absolute Gasteiger partial charge is 0.338 e. The number of nitriles is 1. The molecule has 10 heteroatoms. The number of hydrogen-bond acceptors (Lipinski definition) is 8. The van der Waals surface area contributed by atoms with Gasteiger partial charge in [-0.15, -0.1) is 0 Å². The van der Waals surface area contributed by atoms with E-state index in [0.717, 1.165) is 0 Å². The summed E-state index contributed by atoms with van der Waals surface area (Å²) in [5.41, 5.74) is 5.52. The van der Waals surface area contributed by atoms with Gasteiger partial charge in [0.15, 0.2) is 6.61 Å². The predicted molar refractivity (Wildman–Crippen MR) is 113 cm³/mol. The van der Waals surface area contributed by atoms with Crippen molar-refractivity contribution in [3.8, 4) is 11.8 Å². The number of nitrogens with two attached hydrogens (primary N) is 1. The van der Waals surface area contributed by atoms with E-state index in [2.05, 4.69) is 4.72 Å². The molecule has 0 radical (unpaired) electrons. The van der Waals surface area contributed by atoms with Gasteiger partial charge in [0.2, 0.25) is 5.78 Å². The van der Waals surface area contributed by atoms with Crippen LogP contribution in [0.3, 0.4) is 0 Å². The maximum atomic E-state index is 12.5. The molecule has 0 atom stereocenters. The summed E-state index contributed by atoms with van der Waals surface area (Å²) >= 11 is 0. The number of Topliss-reactive ketones (excluding diaryl/α,β-unsaturated/α-hetero) is 1. The molecule has 0 unspecified atom stereocenters. The van der Waals surface area contributed by atoms with E-state index in [0.29, 0.717) is 12.4 Å². The number of anilines is 1. The van der Waals surface area contributed by atoms with Crippen molar-refractivity contribution in [3.05, 3.63) is 65.4 Å². The molecule has 0 bridgehead atoms. The number of esters is 1. The number of nitrogens with zero attached hydrogens (tertiary/aromatic N) is 1. The Morgan fingerprint density at radius 1 is 1.10 bits per heavy atom. The second-order valence-corrected chi connectivity index (χ2v) is 7.94. The van der Waals surface area contributed by atoms with Gasteiger partial charge >= 0.3 is 5.97 Å². The Bertz CT molecular complexity index is 1130. The number of hydrogen-bond donors (Lipinski definition) is 2. The molecule has 0 aliphatic carbocycles. The molecule has 0 aliphatic rings. The van der Waals surface area contributed by atoms with Gasteiger partial charge in [-0.25, -0.2) is 13.2 Å². The number of sulfonamides is 1. The number of ether oxygens (including phenoxy) is 2. The fourth-order valence-corrected chi connectivity index (χ4v) is 3.49. The third-order valence-corrected chi connectivity index (χ3v) is 5.33. The molecule has 0 saturated carbocycles. The first kappa shape index (κ1) is 23.4. The van der Waals surface area contributed by atoms with E-state index in [9.17, 15) is 18.0 Å². The fourth-order valence-electron chi connectivity index (χ4n) is 2.43. The lowest BCUT2D eigenvalue weighted by molar-refractivity contribution is -0.118. The second-order valence-electron chi connectivity index (χ2n) is 6.26. The lowest BCUT2D eigenvalue weighted by Gasteiger charge is -2.10. The number of carbonyl (C=O) groups is 2. The molecule has 3 N–H and O–H groups in total. The van der Waals surface area contributed by atoms with Crippen LogP contribution in [0, 0.1) is 11.3 Å². The first-order chi connectivity index (χ1) is 14.7. The fraction of sp³-hybridized carbons (Fsp3) is 0.190. The van der Waals surface area contributed by atoms with Gasteiger partial charge in [0.25, 0.3) is 10.0 Å². The van der Waals surface area contributed by atoms with E-state index in [1.807, 2.05) is 6.92 Å². The summed E-state index contributed by atoms with van der Waals surface area (Å²) in [6.45, 7) is 3.05. The largest absolute Gasteiger partial charge is 0.494 e. The Morgan fingerprint density at radius 3 is 2.23 bits per heavy atom. The van der Waals surface area contributed by atoms with Crippen molar-refractivity contribution in [1.82, 2.24) is 0 Å². The predicted octanol–water partition coefficient (Wildman–Crippen LogP) is 2.37. The van der Waals surface area contributed by atoms with Crippen molar-refractivity contribution >= 4 is 27.5 Å². The van der Waals surface area contributed by atoms with Crippen molar-refractivity contribution in [2.24, 2.45) is 5.73 Å². The summed E-state index contributed by atoms with van der Waals surface area (Å²) in [6.07, 6.45) is 0. The Labute approximate surface area is 180 Å². The third-order valence-electron chi connectivity index (χ3n) is 3.94. The van der Waals surface area contributed by atoms with Crippen LogP contribution in [0.25, 0.3) is 0 Å². The van der Waals surface area contributed by atoms with Crippen molar-refractivity contribution in [2.45, 2.75) is 18.7 Å². The highest BCUT2D eigenvalue weighted by molar-refractivity contribution is 7.92. The molecule has 0 aliphatic heterocycles. The van der Waals surface area contributed by atoms with Crippen molar-refractivity contribution in [3.63, 3.8) is 0 Å². The summed E-state index contributed by atoms with van der Waals surface area (Å²) in [4.78, 5) is 24.0. The van der Waals surface area contributed by atoms with Crippen LogP contribution in [0.15, 0.2) is 64.7 Å². The van der Waals surface area contributed by atoms with E-state index in [-0.39, 0.29) is 27.4 Å². The molecular formula is C21H21N3O6S. The molecule has 2 rings (SSSR count). The maximum absolute atomic E-state index is 12.5. The van der Waals surface area contributed by atoms with Gasteiger partial charge in [-0.1, -0.05) is 0 Å². The zero-order valence-electron chi connectivity index (χ0n) is 16.9. The summed E-state index contributed by atoms with van der Waals surface area (Å²) in [5.74, 6) is -0.960. The molecule has 0 saturated heterocycles. The van der Waals surface area contributed by atoms with E-state index in [4.69, 9.17) is 20.5 Å². The molecule has 2 aromatic rings. The lowest BCUT2D eigenvalue weighted by atomic mass is 10.1. The molecule has 0 heterocycles. The molecule has 0 amide bonds. The van der Waals surface area contributed by atoms with Gasteiger partial charge in [-0.05, 0) is 62.4 Å². The van der Waals surface area contributed by atoms with Gasteiger partial charge in [0.1, 0.15) is 17.4 Å². The number of nitrogens with one attached hydrogen (secondary N) is 1. The average Bonchev–Trinajstić information content (AvgIpc) is 2.73. The number of carbonyl (C=O) groups excluding carboxylic acids is 2. The molecule has 162 valence electrons. The summed E-state index contributed by atoms with van der Waals surface area (Å²) in [5, 5.41) is 8.88. The van der Waals surface area contributed by atoms with Gasteiger partial charge < -0.3 is 15.2 Å². The van der Waals surface area contributed by atoms with Crippen LogP contribution in [0.2, 0.25) is 0 Å². The zero-order valence-corrected chi connectivity index (χ0v) is 17.7. The maximum Gasteiger partial charge on any atom is 0.338 e. The molecule has 0 aromatic heterocycles. The minimum absolute atomic E-state index is 0.0349. The molecule has 9 nitrogen and oxygen atoms in total. The van der Waals surface area contributed by atoms with Crippen molar-refractivity contribution < 1.29 is 27.5 Å². The molecular weight excluding hydrogens is 422 g/mol. The Hall–Kier alpha value is -3.84. The van der Waals surface area contributed by atoms with Crippen LogP contribution in [-0.2, 0) is 19.6 Å². The van der Waals surface area contributed by atoms with E-state index in [1.54, 1.807) is 18.2 Å². The molecule has 0 fully saturated rings. The SMILES string of the molecule is CCOc1ccc(S(=O)(=O)Nc2ccc(C(=O)OCC(=O)/C(C#N)=C(\C)N)cc2)cc1. The van der Waals surface area contributed by atoms with E-state index in [1.165, 1.54) is 43.3 Å². The van der Waals surface area contributed by atoms with Crippen molar-refractivity contribution in [1.29, 1.82) is 5.26 Å². The number of ketones is 1. The summed E-state index contributed by atoms with van der Waals surface area (Å²) in [6, 6.07) is 13.1. The van der Waals surface area contributed by atoms with Gasteiger partial charge in [0.05, 0.1) is 17.1 Å². The highest BCUT2D eigenvalue weighted by Crippen LogP contribution is 2.20. The standard InChI is InChI=1S/C21H21N3O6S/c1-3-29-17-8-10-18(11-9-17)31(27,28)24-16-6-4-15(5-7-16)21(26)30-13-20(25)19(12-22)14(2)23/h4-11,24H,3,13,23H2,1-2H3/b19-14+. The van der Waals surface area contributed by atoms with E-state index >= 15 is 0 Å². The Morgan fingerprint density at radius 2 is 1.71 bits per heavy atom. The zero-order chi connectivity index (χ0) is 23.0. The van der Waals surface area contributed by atoms with Crippen LogP contribution in [0.4, 0.5) is 5.69 Å². The van der Waals surface area contributed by atoms with Crippen LogP contribution in [-0.4, -0.2) is 33.4 Å². The van der Waals surface area contributed by atoms with E-state index < -0.39 is 28.4 Å². The number of rotatable bonds is 9. The van der Waals surface area contributed by atoms with Crippen LogP contribution >= 0.6 is 0 Å². The second kappa shape index (κ2) is 10.3. The number of benzene rings is 2. The van der Waals surface area contributed by atoms with Gasteiger partial charge in [-0.3, -0.25) is 9.52 Å². The molecule has 2 aromatic carbocycles. The quantitative estimate of drug-likeness (QED) is 0.341. The third kappa shape index (κ3) is 6.32. The van der Waals surface area contributed by atoms with Crippen molar-refractivity contribution in [2.75, 3.05) is 17.9 Å².